The average Bonchev–Trinajstić information content (AvgIpc) is 2.22. The average molecular weight is 205 g/mol. The van der Waals surface area contributed by atoms with Crippen molar-refractivity contribution in [2.75, 3.05) is 13.2 Å². The Morgan fingerprint density at radius 2 is 2.00 bits per heavy atom. The fourth-order valence-corrected chi connectivity index (χ4v) is 0.791. The number of Topliss-reactive ketones (excluding diaryl/α,β-unsaturated/α-hetero) is 1. The summed E-state index contributed by atoms with van der Waals surface area (Å²) in [5, 5.41) is 38.0. The van der Waals surface area contributed by atoms with Gasteiger partial charge in [-0.05, 0) is 5.53 Å². The molecule has 8 nitrogen and oxygen atoms in total. The Balaban J connectivity index is 4.64. The van der Waals surface area contributed by atoms with Gasteiger partial charge < -0.3 is 20.4 Å². The predicted molar refractivity (Wildman–Crippen MR) is 44.1 cm³/mol. The molecule has 0 fully saturated rings. The third kappa shape index (κ3) is 3.29. The molecule has 4 N–H and O–H groups in total. The van der Waals surface area contributed by atoms with Crippen LogP contribution in [0, 0.1) is 0 Å². The minimum Gasteiger partial charge on any atom is -0.394 e. The number of aliphatic hydroxyl groups is 4. The van der Waals surface area contributed by atoms with Gasteiger partial charge in [0.05, 0.1) is 12.7 Å². The molecule has 14 heavy (non-hydrogen) atoms. The SMILES string of the molecule is [N-]=[N+]=N[C@H](C(=O)CO)[C@H](O)[C@H](O)CO. The Morgan fingerprint density at radius 3 is 2.36 bits per heavy atom. The number of aliphatic hydroxyl groups excluding tert-OH is 4. The summed E-state index contributed by atoms with van der Waals surface area (Å²) in [4.78, 5) is 13.2. The highest BCUT2D eigenvalue weighted by Gasteiger charge is 2.30. The van der Waals surface area contributed by atoms with Crippen LogP contribution in [0.3, 0.4) is 0 Å². The molecule has 0 saturated heterocycles. The first-order valence-corrected chi connectivity index (χ1v) is 3.73. The van der Waals surface area contributed by atoms with E-state index in [1.807, 2.05) is 0 Å². The van der Waals surface area contributed by atoms with Crippen LogP contribution < -0.4 is 0 Å². The number of nitrogens with zero attached hydrogens (tertiary/aromatic N) is 3. The van der Waals surface area contributed by atoms with E-state index in [0.717, 1.165) is 0 Å². The number of azide groups is 1. The van der Waals surface area contributed by atoms with E-state index < -0.39 is 37.2 Å². The van der Waals surface area contributed by atoms with E-state index >= 15 is 0 Å². The molecule has 0 aliphatic rings. The lowest BCUT2D eigenvalue weighted by molar-refractivity contribution is -0.128. The maximum absolute atomic E-state index is 10.9. The Morgan fingerprint density at radius 1 is 1.43 bits per heavy atom. The fourth-order valence-electron chi connectivity index (χ4n) is 0.791. The van der Waals surface area contributed by atoms with Crippen LogP contribution in [-0.4, -0.2) is 57.7 Å². The molecule has 0 radical (unpaired) electrons. The molecule has 8 heteroatoms. The molecule has 0 bridgehead atoms. The van der Waals surface area contributed by atoms with Gasteiger partial charge in [0.2, 0.25) is 0 Å². The normalized spacial score (nSPS) is 16.6. The van der Waals surface area contributed by atoms with Gasteiger partial charge in [0, 0.05) is 4.91 Å². The first kappa shape index (κ1) is 12.8. The lowest BCUT2D eigenvalue weighted by atomic mass is 10.0. The van der Waals surface area contributed by atoms with Gasteiger partial charge in [0.25, 0.3) is 0 Å². The molecular formula is C6H11N3O5. The molecule has 0 aliphatic heterocycles. The molecule has 80 valence electrons. The molecular weight excluding hydrogens is 194 g/mol. The van der Waals surface area contributed by atoms with E-state index in [1.54, 1.807) is 0 Å². The van der Waals surface area contributed by atoms with Gasteiger partial charge in [-0.2, -0.15) is 0 Å². The van der Waals surface area contributed by atoms with E-state index in [9.17, 15) is 9.90 Å². The minimum absolute atomic E-state index is 0.780. The van der Waals surface area contributed by atoms with Gasteiger partial charge in [0.15, 0.2) is 5.78 Å². The van der Waals surface area contributed by atoms with Crippen LogP contribution in [0.1, 0.15) is 0 Å². The maximum Gasteiger partial charge on any atom is 0.169 e. The summed E-state index contributed by atoms with van der Waals surface area (Å²) < 4.78 is 0. The molecule has 0 rings (SSSR count). The Labute approximate surface area is 79.0 Å². The first-order chi connectivity index (χ1) is 6.58. The van der Waals surface area contributed by atoms with Crippen molar-refractivity contribution in [1.29, 1.82) is 0 Å². The van der Waals surface area contributed by atoms with E-state index in [1.165, 1.54) is 0 Å². The third-order valence-corrected chi connectivity index (χ3v) is 1.57. The van der Waals surface area contributed by atoms with E-state index in [0.29, 0.717) is 0 Å². The predicted octanol–water partition coefficient (Wildman–Crippen LogP) is -2.06. The molecule has 0 saturated carbocycles. The molecule has 0 spiro atoms. The Kier molecular flexibility index (Phi) is 5.77. The maximum atomic E-state index is 10.9. The van der Waals surface area contributed by atoms with Gasteiger partial charge in [-0.25, -0.2) is 0 Å². The van der Waals surface area contributed by atoms with Gasteiger partial charge >= 0.3 is 0 Å². The van der Waals surface area contributed by atoms with Gasteiger partial charge in [-0.15, -0.1) is 0 Å². The van der Waals surface area contributed by atoms with Crippen LogP contribution in [0.25, 0.3) is 10.4 Å². The number of hydrogen-bond donors (Lipinski definition) is 4. The zero-order valence-corrected chi connectivity index (χ0v) is 7.19. The second kappa shape index (κ2) is 6.30. The van der Waals surface area contributed by atoms with Crippen molar-refractivity contribution in [3.8, 4) is 0 Å². The summed E-state index contributed by atoms with van der Waals surface area (Å²) in [5.74, 6) is -0.928. The van der Waals surface area contributed by atoms with Crippen LogP contribution in [0.15, 0.2) is 5.11 Å². The third-order valence-electron chi connectivity index (χ3n) is 1.57. The van der Waals surface area contributed by atoms with Crippen molar-refractivity contribution in [3.63, 3.8) is 0 Å². The topological polar surface area (TPSA) is 147 Å². The van der Waals surface area contributed by atoms with E-state index in [2.05, 4.69) is 10.0 Å². The molecule has 0 aromatic rings. The molecule has 0 aromatic heterocycles. The number of carbonyl (C=O) groups is 1. The summed E-state index contributed by atoms with van der Waals surface area (Å²) >= 11 is 0. The number of ketones is 1. The van der Waals surface area contributed by atoms with Crippen LogP contribution in [0.2, 0.25) is 0 Å². The van der Waals surface area contributed by atoms with E-state index in [-0.39, 0.29) is 0 Å². The molecule has 0 unspecified atom stereocenters. The van der Waals surface area contributed by atoms with Crippen molar-refractivity contribution in [2.45, 2.75) is 18.2 Å². The molecule has 0 amide bonds. The molecule has 0 heterocycles. The smallest absolute Gasteiger partial charge is 0.169 e. The van der Waals surface area contributed by atoms with Gasteiger partial charge in [0.1, 0.15) is 18.8 Å². The highest BCUT2D eigenvalue weighted by Crippen LogP contribution is 2.06. The lowest BCUT2D eigenvalue weighted by Crippen LogP contribution is -2.43. The number of rotatable bonds is 6. The number of carbonyl (C=O) groups excluding carboxylic acids is 1. The first-order valence-electron chi connectivity index (χ1n) is 3.73. The summed E-state index contributed by atoms with van der Waals surface area (Å²) in [6.45, 7) is -1.70. The van der Waals surface area contributed by atoms with Crippen molar-refractivity contribution < 1.29 is 25.2 Å². The largest absolute Gasteiger partial charge is 0.394 e. The summed E-state index contributed by atoms with van der Waals surface area (Å²) in [6.07, 6.45) is -3.32. The van der Waals surface area contributed by atoms with Crippen LogP contribution in [0.4, 0.5) is 0 Å². The van der Waals surface area contributed by atoms with Crippen molar-refractivity contribution in [3.05, 3.63) is 10.4 Å². The Hall–Kier alpha value is -1.18. The minimum atomic E-state index is -1.73. The zero-order chi connectivity index (χ0) is 11.1. The summed E-state index contributed by atoms with van der Waals surface area (Å²) in [5.41, 5.74) is 8.05. The zero-order valence-electron chi connectivity index (χ0n) is 7.19. The Bertz CT molecular complexity index is 240. The second-order valence-corrected chi connectivity index (χ2v) is 2.51. The van der Waals surface area contributed by atoms with Crippen molar-refractivity contribution in [2.24, 2.45) is 5.11 Å². The van der Waals surface area contributed by atoms with Crippen molar-refractivity contribution in [1.82, 2.24) is 0 Å². The number of hydrogen-bond acceptors (Lipinski definition) is 6. The van der Waals surface area contributed by atoms with Crippen LogP contribution in [-0.2, 0) is 4.79 Å². The molecule has 0 aliphatic carbocycles. The van der Waals surface area contributed by atoms with Gasteiger partial charge in [-0.1, -0.05) is 5.11 Å². The monoisotopic (exact) mass is 205 g/mol. The highest BCUT2D eigenvalue weighted by atomic mass is 16.4. The highest BCUT2D eigenvalue weighted by molar-refractivity contribution is 5.85. The second-order valence-electron chi connectivity index (χ2n) is 2.51. The quantitative estimate of drug-likeness (QED) is 0.223. The van der Waals surface area contributed by atoms with Gasteiger partial charge in [-0.3, -0.25) is 4.79 Å². The van der Waals surface area contributed by atoms with Crippen LogP contribution in [0.5, 0.6) is 0 Å². The standard InChI is InChI=1S/C6H11N3O5/c7-9-8-5(3(12)1-10)6(14)4(13)2-11/h4-6,10-11,13-14H,1-2H2/t4-,5-,6-/m1/s1. The lowest BCUT2D eigenvalue weighted by Gasteiger charge is -2.20. The summed E-state index contributed by atoms with van der Waals surface area (Å²) in [7, 11) is 0. The summed E-state index contributed by atoms with van der Waals surface area (Å²) in [6, 6.07) is -1.59. The van der Waals surface area contributed by atoms with E-state index in [4.69, 9.17) is 20.9 Å². The van der Waals surface area contributed by atoms with Crippen molar-refractivity contribution >= 4 is 5.78 Å². The molecule has 0 aromatic carbocycles. The fraction of sp³-hybridized carbons (Fsp3) is 0.833. The van der Waals surface area contributed by atoms with Crippen LogP contribution >= 0.6 is 0 Å². The molecule has 3 atom stereocenters.